The Hall–Kier alpha value is -1.26. The predicted molar refractivity (Wildman–Crippen MR) is 73.8 cm³/mol. The number of likely N-dealkylation sites (N-methyl/N-ethyl adjacent to an activating group) is 1. The lowest BCUT2D eigenvalue weighted by Crippen LogP contribution is -2.31. The number of rotatable bonds is 5. The molecule has 0 N–H and O–H groups in total. The summed E-state index contributed by atoms with van der Waals surface area (Å²) in [6.07, 6.45) is 1.20. The van der Waals surface area contributed by atoms with Gasteiger partial charge in [-0.1, -0.05) is 0 Å². The number of carbonyl (C=O) groups is 1. The van der Waals surface area contributed by atoms with E-state index >= 15 is 0 Å². The molecule has 0 spiro atoms. The maximum Gasteiger partial charge on any atom is 0.176 e. The van der Waals surface area contributed by atoms with Gasteiger partial charge in [-0.25, -0.2) is 4.39 Å². The second-order valence-electron chi connectivity index (χ2n) is 5.54. The van der Waals surface area contributed by atoms with Crippen LogP contribution in [0.2, 0.25) is 0 Å². The van der Waals surface area contributed by atoms with Crippen molar-refractivity contribution < 1.29 is 9.18 Å². The van der Waals surface area contributed by atoms with Crippen molar-refractivity contribution in [2.75, 3.05) is 40.3 Å². The fourth-order valence-corrected chi connectivity index (χ4v) is 2.65. The van der Waals surface area contributed by atoms with Crippen molar-refractivity contribution in [2.45, 2.75) is 6.42 Å². The highest BCUT2D eigenvalue weighted by Gasteiger charge is 2.21. The molecule has 19 heavy (non-hydrogen) atoms. The van der Waals surface area contributed by atoms with Crippen molar-refractivity contribution in [3.05, 3.63) is 35.6 Å². The number of hydrogen-bond acceptors (Lipinski definition) is 3. The van der Waals surface area contributed by atoms with Crippen LogP contribution < -0.4 is 0 Å². The lowest BCUT2D eigenvalue weighted by Gasteiger charge is -2.20. The van der Waals surface area contributed by atoms with E-state index < -0.39 is 0 Å². The molecule has 0 saturated carbocycles. The van der Waals surface area contributed by atoms with E-state index in [1.807, 2.05) is 7.05 Å². The number of halogens is 1. The SMILES string of the molecule is CN1CCC(CN(C)CC(=O)c2ccc(F)cc2)C1. The molecule has 1 aliphatic heterocycles. The van der Waals surface area contributed by atoms with E-state index in [2.05, 4.69) is 16.8 Å². The lowest BCUT2D eigenvalue weighted by atomic mass is 10.1. The molecular weight excluding hydrogens is 243 g/mol. The summed E-state index contributed by atoms with van der Waals surface area (Å²) in [6, 6.07) is 5.77. The van der Waals surface area contributed by atoms with Crippen molar-refractivity contribution in [1.29, 1.82) is 0 Å². The van der Waals surface area contributed by atoms with E-state index in [0.717, 1.165) is 19.6 Å². The first-order valence-electron chi connectivity index (χ1n) is 6.70. The third-order valence-corrected chi connectivity index (χ3v) is 3.64. The highest BCUT2D eigenvalue weighted by molar-refractivity contribution is 5.97. The number of hydrogen-bond donors (Lipinski definition) is 0. The van der Waals surface area contributed by atoms with Crippen LogP contribution in [0.1, 0.15) is 16.8 Å². The molecule has 1 unspecified atom stereocenters. The maximum absolute atomic E-state index is 12.8. The molecule has 104 valence electrons. The highest BCUT2D eigenvalue weighted by Crippen LogP contribution is 2.15. The summed E-state index contributed by atoms with van der Waals surface area (Å²) in [5, 5.41) is 0. The Bertz CT molecular complexity index is 432. The van der Waals surface area contributed by atoms with E-state index in [1.165, 1.54) is 18.6 Å². The van der Waals surface area contributed by atoms with Crippen LogP contribution in [0.4, 0.5) is 4.39 Å². The Labute approximate surface area is 114 Å². The zero-order chi connectivity index (χ0) is 13.8. The Kier molecular flexibility index (Phi) is 4.66. The summed E-state index contributed by atoms with van der Waals surface area (Å²) in [4.78, 5) is 16.4. The monoisotopic (exact) mass is 264 g/mol. The number of ketones is 1. The summed E-state index contributed by atoms with van der Waals surface area (Å²) in [5.74, 6) is 0.392. The van der Waals surface area contributed by atoms with Crippen molar-refractivity contribution in [3.63, 3.8) is 0 Å². The molecule has 1 saturated heterocycles. The van der Waals surface area contributed by atoms with Gasteiger partial charge in [0.1, 0.15) is 5.82 Å². The molecule has 1 heterocycles. The van der Waals surface area contributed by atoms with Crippen LogP contribution in [0.5, 0.6) is 0 Å². The summed E-state index contributed by atoms with van der Waals surface area (Å²) >= 11 is 0. The van der Waals surface area contributed by atoms with Crippen molar-refractivity contribution in [1.82, 2.24) is 9.80 Å². The molecule has 3 nitrogen and oxygen atoms in total. The van der Waals surface area contributed by atoms with Gasteiger partial charge < -0.3 is 4.90 Å². The van der Waals surface area contributed by atoms with Crippen LogP contribution in [0, 0.1) is 11.7 Å². The average molecular weight is 264 g/mol. The Balaban J connectivity index is 1.83. The van der Waals surface area contributed by atoms with Crippen molar-refractivity contribution >= 4 is 5.78 Å². The first kappa shape index (κ1) is 14.2. The minimum absolute atomic E-state index is 0.0499. The minimum Gasteiger partial charge on any atom is -0.306 e. The Morgan fingerprint density at radius 3 is 2.68 bits per heavy atom. The van der Waals surface area contributed by atoms with Crippen LogP contribution in [0.3, 0.4) is 0 Å². The molecular formula is C15H21FN2O. The van der Waals surface area contributed by atoms with Gasteiger partial charge in [-0.05, 0) is 57.2 Å². The van der Waals surface area contributed by atoms with Crippen LogP contribution in [-0.2, 0) is 0 Å². The second-order valence-corrected chi connectivity index (χ2v) is 5.54. The first-order valence-corrected chi connectivity index (χ1v) is 6.70. The normalized spacial score (nSPS) is 20.1. The molecule has 0 aliphatic carbocycles. The zero-order valence-electron chi connectivity index (χ0n) is 11.6. The van der Waals surface area contributed by atoms with Gasteiger partial charge in [0, 0.05) is 18.7 Å². The standard InChI is InChI=1S/C15H21FN2O/c1-17-8-7-12(9-17)10-18(2)11-15(19)13-3-5-14(16)6-4-13/h3-6,12H,7-11H2,1-2H3. The molecule has 1 atom stereocenters. The number of Topliss-reactive ketones (excluding diaryl/α,β-unsaturated/α-hetero) is 1. The van der Waals surface area contributed by atoms with Gasteiger partial charge in [0.05, 0.1) is 6.54 Å². The van der Waals surface area contributed by atoms with Gasteiger partial charge in [0.2, 0.25) is 0 Å². The van der Waals surface area contributed by atoms with Gasteiger partial charge in [-0.15, -0.1) is 0 Å². The number of likely N-dealkylation sites (tertiary alicyclic amines) is 1. The Morgan fingerprint density at radius 2 is 2.11 bits per heavy atom. The van der Waals surface area contributed by atoms with Crippen LogP contribution in [0.15, 0.2) is 24.3 Å². The van der Waals surface area contributed by atoms with E-state index in [4.69, 9.17) is 0 Å². The molecule has 1 aromatic rings. The van der Waals surface area contributed by atoms with Crippen LogP contribution in [-0.4, -0.2) is 55.9 Å². The van der Waals surface area contributed by atoms with Crippen LogP contribution in [0.25, 0.3) is 0 Å². The maximum atomic E-state index is 12.8. The highest BCUT2D eigenvalue weighted by atomic mass is 19.1. The molecule has 1 aliphatic rings. The first-order chi connectivity index (χ1) is 9.04. The molecule has 1 aromatic carbocycles. The van der Waals surface area contributed by atoms with Gasteiger partial charge in [-0.3, -0.25) is 9.69 Å². The third kappa shape index (κ3) is 4.11. The van der Waals surface area contributed by atoms with Gasteiger partial charge in [0.15, 0.2) is 5.78 Å². The third-order valence-electron chi connectivity index (χ3n) is 3.64. The number of benzene rings is 1. The van der Waals surface area contributed by atoms with Crippen molar-refractivity contribution in [2.24, 2.45) is 5.92 Å². The fraction of sp³-hybridized carbons (Fsp3) is 0.533. The van der Waals surface area contributed by atoms with Gasteiger partial charge >= 0.3 is 0 Å². The quantitative estimate of drug-likeness (QED) is 0.759. The number of nitrogens with zero attached hydrogens (tertiary/aromatic N) is 2. The topological polar surface area (TPSA) is 23.6 Å². The smallest absolute Gasteiger partial charge is 0.176 e. The summed E-state index contributed by atoms with van der Waals surface area (Å²) in [7, 11) is 4.10. The Morgan fingerprint density at radius 1 is 1.42 bits per heavy atom. The number of carbonyl (C=O) groups excluding carboxylic acids is 1. The minimum atomic E-state index is -0.307. The van der Waals surface area contributed by atoms with Crippen LogP contribution >= 0.6 is 0 Å². The summed E-state index contributed by atoms with van der Waals surface area (Å²) in [5.41, 5.74) is 0.580. The molecule has 4 heteroatoms. The molecule has 0 aromatic heterocycles. The van der Waals surface area contributed by atoms with E-state index in [1.54, 1.807) is 12.1 Å². The van der Waals surface area contributed by atoms with E-state index in [0.29, 0.717) is 18.0 Å². The second kappa shape index (κ2) is 6.26. The molecule has 0 amide bonds. The summed E-state index contributed by atoms with van der Waals surface area (Å²) in [6.45, 7) is 3.59. The molecule has 1 fully saturated rings. The molecule has 0 bridgehead atoms. The van der Waals surface area contributed by atoms with E-state index in [9.17, 15) is 9.18 Å². The van der Waals surface area contributed by atoms with Gasteiger partial charge in [0.25, 0.3) is 0 Å². The lowest BCUT2D eigenvalue weighted by molar-refractivity contribution is 0.0938. The van der Waals surface area contributed by atoms with Gasteiger partial charge in [-0.2, -0.15) is 0 Å². The largest absolute Gasteiger partial charge is 0.306 e. The average Bonchev–Trinajstić information content (AvgIpc) is 2.75. The fourth-order valence-electron chi connectivity index (χ4n) is 2.65. The zero-order valence-corrected chi connectivity index (χ0v) is 11.6. The van der Waals surface area contributed by atoms with Crippen molar-refractivity contribution in [3.8, 4) is 0 Å². The predicted octanol–water partition coefficient (Wildman–Crippen LogP) is 1.89. The molecule has 2 rings (SSSR count). The van der Waals surface area contributed by atoms with E-state index in [-0.39, 0.29) is 11.6 Å². The summed E-state index contributed by atoms with van der Waals surface area (Å²) < 4.78 is 12.8. The molecule has 0 radical (unpaired) electrons.